The van der Waals surface area contributed by atoms with Gasteiger partial charge in [-0.25, -0.2) is 0 Å². The number of nitrogens with zero attached hydrogens (tertiary/aromatic N) is 1. The maximum absolute atomic E-state index is 6.39. The summed E-state index contributed by atoms with van der Waals surface area (Å²) >= 11 is 0. The van der Waals surface area contributed by atoms with Gasteiger partial charge in [0, 0.05) is 0 Å². The first-order valence-corrected chi connectivity index (χ1v) is 8.53. The summed E-state index contributed by atoms with van der Waals surface area (Å²) in [5.41, 5.74) is 7.53. The molecule has 0 unspecified atom stereocenters. The van der Waals surface area contributed by atoms with Crippen molar-refractivity contribution < 1.29 is 0 Å². The van der Waals surface area contributed by atoms with E-state index in [9.17, 15) is 0 Å². The first-order chi connectivity index (χ1) is 9.15. The van der Waals surface area contributed by atoms with E-state index in [1.54, 1.807) is 19.3 Å². The lowest BCUT2D eigenvalue weighted by molar-refractivity contribution is -0.145. The fourth-order valence-corrected chi connectivity index (χ4v) is 6.76. The van der Waals surface area contributed by atoms with Crippen molar-refractivity contribution in [2.24, 2.45) is 34.3 Å². The number of hydrogen-bond donors (Lipinski definition) is 1. The number of likely N-dealkylation sites (tertiary alicyclic amines) is 1. The van der Waals surface area contributed by atoms with E-state index in [0.29, 0.717) is 10.8 Å². The summed E-state index contributed by atoms with van der Waals surface area (Å²) in [4.78, 5) is 2.51. The Hall–Kier alpha value is -0.0800. The fourth-order valence-electron chi connectivity index (χ4n) is 6.76. The van der Waals surface area contributed by atoms with Crippen LogP contribution in [-0.2, 0) is 0 Å². The van der Waals surface area contributed by atoms with Gasteiger partial charge in [0.15, 0.2) is 0 Å². The summed E-state index contributed by atoms with van der Waals surface area (Å²) in [6, 6.07) is 0. The zero-order valence-corrected chi connectivity index (χ0v) is 12.5. The van der Waals surface area contributed by atoms with E-state index in [-0.39, 0.29) is 0 Å². The second-order valence-corrected chi connectivity index (χ2v) is 8.49. The predicted molar refractivity (Wildman–Crippen MR) is 78.8 cm³/mol. The molecule has 4 aliphatic carbocycles. The summed E-state index contributed by atoms with van der Waals surface area (Å²) in [7, 11) is 2.28. The molecule has 0 spiro atoms. The molecule has 2 heteroatoms. The molecule has 5 fully saturated rings. The Morgan fingerprint density at radius 2 is 1.42 bits per heavy atom. The predicted octanol–water partition coefficient (Wildman–Crippen LogP) is 2.87. The maximum atomic E-state index is 6.39. The van der Waals surface area contributed by atoms with Crippen LogP contribution in [0.2, 0.25) is 0 Å². The lowest BCUT2D eigenvalue weighted by Crippen LogP contribution is -2.59. The molecule has 4 bridgehead atoms. The van der Waals surface area contributed by atoms with Crippen LogP contribution in [-0.4, -0.2) is 31.6 Å². The van der Waals surface area contributed by atoms with E-state index >= 15 is 0 Å². The van der Waals surface area contributed by atoms with Gasteiger partial charge >= 0.3 is 0 Å². The summed E-state index contributed by atoms with van der Waals surface area (Å²) in [6.45, 7) is 3.50. The van der Waals surface area contributed by atoms with Crippen LogP contribution in [0.3, 0.4) is 0 Å². The number of hydrogen-bond acceptors (Lipinski definition) is 2. The van der Waals surface area contributed by atoms with Crippen LogP contribution in [0.1, 0.15) is 51.4 Å². The Morgan fingerprint density at radius 1 is 0.947 bits per heavy atom. The van der Waals surface area contributed by atoms with Crippen LogP contribution < -0.4 is 5.73 Å². The summed E-state index contributed by atoms with van der Waals surface area (Å²) in [5, 5.41) is 0. The fraction of sp³-hybridized carbons (Fsp3) is 1.00. The smallest absolute Gasteiger partial charge is 0.00142 e. The van der Waals surface area contributed by atoms with Crippen LogP contribution >= 0.6 is 0 Å². The van der Waals surface area contributed by atoms with Gasteiger partial charge in [0.2, 0.25) is 0 Å². The van der Waals surface area contributed by atoms with Crippen molar-refractivity contribution in [3.8, 4) is 0 Å². The van der Waals surface area contributed by atoms with E-state index in [1.165, 1.54) is 45.2 Å². The minimum atomic E-state index is 0.496. The first-order valence-electron chi connectivity index (χ1n) is 8.53. The molecule has 0 radical (unpaired) electrons. The molecule has 0 atom stereocenters. The number of piperidine rings is 1. The largest absolute Gasteiger partial charge is 0.330 e. The van der Waals surface area contributed by atoms with Crippen LogP contribution in [0.4, 0.5) is 0 Å². The molecule has 5 aliphatic rings. The molecule has 1 aliphatic heterocycles. The topological polar surface area (TPSA) is 29.3 Å². The monoisotopic (exact) mass is 262 g/mol. The third kappa shape index (κ3) is 1.75. The molecule has 108 valence electrons. The summed E-state index contributed by atoms with van der Waals surface area (Å²) in [6.07, 6.45) is 12.0. The second-order valence-electron chi connectivity index (χ2n) is 8.49. The van der Waals surface area contributed by atoms with E-state index in [4.69, 9.17) is 5.73 Å². The second kappa shape index (κ2) is 4.21. The van der Waals surface area contributed by atoms with Crippen molar-refractivity contribution in [1.82, 2.24) is 4.90 Å². The highest BCUT2D eigenvalue weighted by Gasteiger charge is 2.59. The first kappa shape index (κ1) is 12.6. The molecule has 0 aromatic rings. The van der Waals surface area contributed by atoms with Gasteiger partial charge in [0.1, 0.15) is 0 Å². The molecule has 2 N–H and O–H groups in total. The molecule has 0 amide bonds. The molecule has 1 saturated heterocycles. The minimum Gasteiger partial charge on any atom is -0.330 e. The minimum absolute atomic E-state index is 0.496. The Bertz CT molecular complexity index is 319. The summed E-state index contributed by atoms with van der Waals surface area (Å²) in [5.74, 6) is 3.19. The normalized spacial score (nSPS) is 48.6. The van der Waals surface area contributed by atoms with Gasteiger partial charge in [-0.2, -0.15) is 0 Å². The third-order valence-corrected chi connectivity index (χ3v) is 7.50. The highest BCUT2D eigenvalue weighted by molar-refractivity contribution is 5.10. The Morgan fingerprint density at radius 3 is 1.84 bits per heavy atom. The molecule has 4 saturated carbocycles. The third-order valence-electron chi connectivity index (χ3n) is 7.50. The Balaban J connectivity index is 1.66. The van der Waals surface area contributed by atoms with Gasteiger partial charge in [-0.1, -0.05) is 0 Å². The Kier molecular flexibility index (Phi) is 2.80. The highest BCUT2D eigenvalue weighted by Crippen LogP contribution is 2.67. The molecular formula is C17H30N2. The quantitative estimate of drug-likeness (QED) is 0.829. The standard InChI is InChI=1S/C17H30N2/c1-19-4-2-16(12-18,3-5-19)17-9-13-6-14(10-17)8-15(7-13)11-17/h13-15H,2-12,18H2,1H3. The molecule has 19 heavy (non-hydrogen) atoms. The van der Waals surface area contributed by atoms with Crippen LogP contribution in [0.15, 0.2) is 0 Å². The maximum Gasteiger partial charge on any atom is -0.00142 e. The van der Waals surface area contributed by atoms with Gasteiger partial charge in [-0.05, 0) is 107 Å². The van der Waals surface area contributed by atoms with Crippen molar-refractivity contribution in [3.05, 3.63) is 0 Å². The van der Waals surface area contributed by atoms with Gasteiger partial charge < -0.3 is 10.6 Å². The zero-order chi connectivity index (χ0) is 13.1. The van der Waals surface area contributed by atoms with Gasteiger partial charge in [0.25, 0.3) is 0 Å². The highest BCUT2D eigenvalue weighted by atomic mass is 15.1. The van der Waals surface area contributed by atoms with Crippen molar-refractivity contribution in [1.29, 1.82) is 0 Å². The van der Waals surface area contributed by atoms with Gasteiger partial charge in [-0.3, -0.25) is 0 Å². The van der Waals surface area contributed by atoms with Crippen LogP contribution in [0, 0.1) is 28.6 Å². The van der Waals surface area contributed by atoms with E-state index < -0.39 is 0 Å². The van der Waals surface area contributed by atoms with Crippen molar-refractivity contribution in [3.63, 3.8) is 0 Å². The number of rotatable bonds is 2. The lowest BCUT2D eigenvalue weighted by atomic mass is 9.41. The van der Waals surface area contributed by atoms with E-state index in [1.807, 2.05) is 0 Å². The molecule has 5 rings (SSSR count). The van der Waals surface area contributed by atoms with Crippen molar-refractivity contribution in [2.45, 2.75) is 51.4 Å². The average Bonchev–Trinajstić information content (AvgIpc) is 2.38. The van der Waals surface area contributed by atoms with Crippen molar-refractivity contribution in [2.75, 3.05) is 26.7 Å². The van der Waals surface area contributed by atoms with E-state index in [0.717, 1.165) is 24.3 Å². The molecule has 0 aromatic heterocycles. The average molecular weight is 262 g/mol. The van der Waals surface area contributed by atoms with Crippen molar-refractivity contribution >= 4 is 0 Å². The lowest BCUT2D eigenvalue weighted by Gasteiger charge is -2.65. The molecule has 1 heterocycles. The Labute approximate surface area is 118 Å². The zero-order valence-electron chi connectivity index (χ0n) is 12.5. The van der Waals surface area contributed by atoms with Gasteiger partial charge in [-0.15, -0.1) is 0 Å². The van der Waals surface area contributed by atoms with Gasteiger partial charge in [0.05, 0.1) is 0 Å². The molecule has 0 aromatic carbocycles. The van der Waals surface area contributed by atoms with E-state index in [2.05, 4.69) is 11.9 Å². The summed E-state index contributed by atoms with van der Waals surface area (Å²) < 4.78 is 0. The van der Waals surface area contributed by atoms with Crippen LogP contribution in [0.5, 0.6) is 0 Å². The number of nitrogens with two attached hydrogens (primary N) is 1. The SMILES string of the molecule is CN1CCC(CN)(C23CC4CC(CC(C4)C2)C3)CC1. The van der Waals surface area contributed by atoms with Crippen LogP contribution in [0.25, 0.3) is 0 Å². The molecule has 2 nitrogen and oxygen atoms in total. The molecular weight excluding hydrogens is 232 g/mol.